The number of fused-ring (bicyclic) bond motifs is 1. The van der Waals surface area contributed by atoms with E-state index in [2.05, 4.69) is 0 Å². The number of amides is 3. The molecule has 3 amide bonds. The summed E-state index contributed by atoms with van der Waals surface area (Å²) >= 11 is 0. The standard InChI is InChI=1S/C21H23N3O4/c1-2-19(25)24-16-7-4-3-6-15(16)14-17(24)20(26)22-9-11-23(12-10-22)21(27)18-8-5-13-28-18/h3-8,13,17H,2,9-12,14H2,1H3/t17-/m1/s1. The number of carbonyl (C=O) groups excluding carboxylic acids is 3. The first-order valence-electron chi connectivity index (χ1n) is 9.61. The number of rotatable bonds is 3. The molecule has 0 spiro atoms. The van der Waals surface area contributed by atoms with Crippen molar-refractivity contribution >= 4 is 23.4 Å². The van der Waals surface area contributed by atoms with Crippen LogP contribution in [0, 0.1) is 0 Å². The summed E-state index contributed by atoms with van der Waals surface area (Å²) in [6, 6.07) is 10.5. The van der Waals surface area contributed by atoms with E-state index in [-0.39, 0.29) is 17.7 Å². The number of anilines is 1. The molecule has 0 saturated carbocycles. The minimum absolute atomic E-state index is 0.0464. The number of furan rings is 1. The van der Waals surface area contributed by atoms with Crippen LogP contribution in [0.2, 0.25) is 0 Å². The number of hydrogen-bond donors (Lipinski definition) is 0. The Kier molecular flexibility index (Phi) is 4.90. The van der Waals surface area contributed by atoms with Gasteiger partial charge in [0.1, 0.15) is 6.04 Å². The molecular weight excluding hydrogens is 358 g/mol. The van der Waals surface area contributed by atoms with Gasteiger partial charge in [0.15, 0.2) is 5.76 Å². The van der Waals surface area contributed by atoms with Crippen LogP contribution < -0.4 is 4.90 Å². The first kappa shape index (κ1) is 18.3. The maximum atomic E-state index is 13.2. The number of hydrogen-bond acceptors (Lipinski definition) is 4. The van der Waals surface area contributed by atoms with Crippen LogP contribution in [-0.4, -0.2) is 59.7 Å². The molecule has 1 aromatic carbocycles. The first-order valence-corrected chi connectivity index (χ1v) is 9.61. The van der Waals surface area contributed by atoms with E-state index in [0.717, 1.165) is 11.3 Å². The molecule has 1 aromatic heterocycles. The van der Waals surface area contributed by atoms with E-state index >= 15 is 0 Å². The van der Waals surface area contributed by atoms with Gasteiger partial charge in [-0.05, 0) is 23.8 Å². The third-order valence-electron chi connectivity index (χ3n) is 5.44. The van der Waals surface area contributed by atoms with Gasteiger partial charge in [-0.3, -0.25) is 19.3 Å². The van der Waals surface area contributed by atoms with Crippen LogP contribution in [0.4, 0.5) is 5.69 Å². The average molecular weight is 381 g/mol. The molecule has 3 heterocycles. The lowest BCUT2D eigenvalue weighted by Gasteiger charge is -2.37. The zero-order valence-electron chi connectivity index (χ0n) is 15.8. The van der Waals surface area contributed by atoms with E-state index in [9.17, 15) is 14.4 Å². The van der Waals surface area contributed by atoms with Gasteiger partial charge >= 0.3 is 0 Å². The summed E-state index contributed by atoms with van der Waals surface area (Å²) < 4.78 is 5.18. The highest BCUT2D eigenvalue weighted by Gasteiger charge is 2.40. The van der Waals surface area contributed by atoms with Crippen molar-refractivity contribution in [2.75, 3.05) is 31.1 Å². The molecule has 7 heteroatoms. The quantitative estimate of drug-likeness (QED) is 0.814. The highest BCUT2D eigenvalue weighted by atomic mass is 16.3. The number of carbonyl (C=O) groups is 3. The smallest absolute Gasteiger partial charge is 0.289 e. The normalized spacial score (nSPS) is 18.9. The number of benzene rings is 1. The Balaban J connectivity index is 1.45. The van der Waals surface area contributed by atoms with Gasteiger partial charge in [-0.15, -0.1) is 0 Å². The van der Waals surface area contributed by atoms with Crippen LogP contribution in [0.5, 0.6) is 0 Å². The number of para-hydroxylation sites is 1. The van der Waals surface area contributed by atoms with E-state index in [1.54, 1.807) is 26.8 Å². The Bertz CT molecular complexity index is 885. The second-order valence-corrected chi connectivity index (χ2v) is 7.06. The number of nitrogens with zero attached hydrogens (tertiary/aromatic N) is 3. The molecule has 0 N–H and O–H groups in total. The van der Waals surface area contributed by atoms with Crippen molar-refractivity contribution in [1.29, 1.82) is 0 Å². The Morgan fingerprint density at radius 2 is 1.71 bits per heavy atom. The Hall–Kier alpha value is -3.09. The van der Waals surface area contributed by atoms with Gasteiger partial charge in [0.2, 0.25) is 11.8 Å². The van der Waals surface area contributed by atoms with Crippen molar-refractivity contribution in [2.45, 2.75) is 25.8 Å². The van der Waals surface area contributed by atoms with Crippen molar-refractivity contribution in [1.82, 2.24) is 9.80 Å². The summed E-state index contributed by atoms with van der Waals surface area (Å²) in [7, 11) is 0. The lowest BCUT2D eigenvalue weighted by Crippen LogP contribution is -2.56. The summed E-state index contributed by atoms with van der Waals surface area (Å²) in [6.07, 6.45) is 2.36. The van der Waals surface area contributed by atoms with Gasteiger partial charge in [-0.25, -0.2) is 0 Å². The van der Waals surface area contributed by atoms with Gasteiger partial charge < -0.3 is 14.2 Å². The van der Waals surface area contributed by atoms with E-state index in [1.807, 2.05) is 31.2 Å². The predicted molar refractivity (Wildman–Crippen MR) is 103 cm³/mol. The second-order valence-electron chi connectivity index (χ2n) is 7.06. The first-order chi connectivity index (χ1) is 13.6. The van der Waals surface area contributed by atoms with Crippen molar-refractivity contribution in [2.24, 2.45) is 0 Å². The van der Waals surface area contributed by atoms with E-state index in [4.69, 9.17) is 4.42 Å². The Labute approximate surface area is 163 Å². The average Bonchev–Trinajstić information content (AvgIpc) is 3.40. The lowest BCUT2D eigenvalue weighted by molar-refractivity contribution is -0.135. The molecule has 28 heavy (non-hydrogen) atoms. The lowest BCUT2D eigenvalue weighted by atomic mass is 10.1. The summed E-state index contributed by atoms with van der Waals surface area (Å²) in [4.78, 5) is 43.3. The summed E-state index contributed by atoms with van der Waals surface area (Å²) in [6.45, 7) is 3.61. The third kappa shape index (κ3) is 3.17. The van der Waals surface area contributed by atoms with Crippen LogP contribution in [0.3, 0.4) is 0 Å². The zero-order valence-corrected chi connectivity index (χ0v) is 15.8. The highest BCUT2D eigenvalue weighted by molar-refractivity contribution is 6.03. The van der Waals surface area contributed by atoms with Crippen LogP contribution in [0.15, 0.2) is 47.1 Å². The van der Waals surface area contributed by atoms with Crippen molar-refractivity contribution in [3.05, 3.63) is 54.0 Å². The molecular formula is C21H23N3O4. The molecule has 1 fully saturated rings. The van der Waals surface area contributed by atoms with E-state index < -0.39 is 6.04 Å². The fourth-order valence-corrected chi connectivity index (χ4v) is 3.96. The Morgan fingerprint density at radius 3 is 2.39 bits per heavy atom. The van der Waals surface area contributed by atoms with Crippen molar-refractivity contribution in [3.8, 4) is 0 Å². The molecule has 1 atom stereocenters. The highest BCUT2D eigenvalue weighted by Crippen LogP contribution is 2.33. The van der Waals surface area contributed by atoms with Crippen LogP contribution in [0.1, 0.15) is 29.5 Å². The molecule has 4 rings (SSSR count). The van der Waals surface area contributed by atoms with Gasteiger partial charge in [-0.1, -0.05) is 25.1 Å². The second kappa shape index (κ2) is 7.50. The minimum atomic E-state index is -0.503. The molecule has 7 nitrogen and oxygen atoms in total. The van der Waals surface area contributed by atoms with Gasteiger partial charge in [0, 0.05) is 44.7 Å². The summed E-state index contributed by atoms with van der Waals surface area (Å²) in [5, 5.41) is 0. The topological polar surface area (TPSA) is 74.1 Å². The number of piperazine rings is 1. The largest absolute Gasteiger partial charge is 0.459 e. The molecule has 0 unspecified atom stereocenters. The molecule has 1 saturated heterocycles. The fourth-order valence-electron chi connectivity index (χ4n) is 3.96. The van der Waals surface area contributed by atoms with Crippen LogP contribution in [0.25, 0.3) is 0 Å². The van der Waals surface area contributed by atoms with Crippen LogP contribution in [-0.2, 0) is 16.0 Å². The zero-order chi connectivity index (χ0) is 19.7. The van der Waals surface area contributed by atoms with Crippen molar-refractivity contribution in [3.63, 3.8) is 0 Å². The van der Waals surface area contributed by atoms with Gasteiger partial charge in [0.05, 0.1) is 6.26 Å². The van der Waals surface area contributed by atoms with Crippen LogP contribution >= 0.6 is 0 Å². The molecule has 146 valence electrons. The van der Waals surface area contributed by atoms with Crippen molar-refractivity contribution < 1.29 is 18.8 Å². The maximum absolute atomic E-state index is 13.2. The third-order valence-corrected chi connectivity index (χ3v) is 5.44. The molecule has 2 aliphatic rings. The summed E-state index contributed by atoms with van der Waals surface area (Å²) in [5.74, 6) is 0.0527. The molecule has 0 radical (unpaired) electrons. The van der Waals surface area contributed by atoms with E-state index in [0.29, 0.717) is 44.8 Å². The van der Waals surface area contributed by atoms with Gasteiger partial charge in [-0.2, -0.15) is 0 Å². The Morgan fingerprint density at radius 1 is 1.00 bits per heavy atom. The monoisotopic (exact) mass is 381 g/mol. The predicted octanol–water partition coefficient (Wildman–Crippen LogP) is 1.93. The fraction of sp³-hybridized carbons (Fsp3) is 0.381. The van der Waals surface area contributed by atoms with E-state index in [1.165, 1.54) is 6.26 Å². The SMILES string of the molecule is CCC(=O)N1c2ccccc2C[C@@H]1C(=O)N1CCN(C(=O)c2ccco2)CC1. The molecule has 2 aromatic rings. The molecule has 2 aliphatic heterocycles. The molecule has 0 aliphatic carbocycles. The van der Waals surface area contributed by atoms with Gasteiger partial charge in [0.25, 0.3) is 5.91 Å². The summed E-state index contributed by atoms with van der Waals surface area (Å²) in [5.41, 5.74) is 1.86. The minimum Gasteiger partial charge on any atom is -0.459 e. The maximum Gasteiger partial charge on any atom is 0.289 e. The molecule has 0 bridgehead atoms.